The van der Waals surface area contributed by atoms with E-state index in [1.807, 2.05) is 61.5 Å². The molecule has 4 rings (SSSR count). The van der Waals surface area contributed by atoms with Crippen molar-refractivity contribution in [3.8, 4) is 0 Å². The number of carbonyl (C=O) groups is 1. The lowest BCUT2D eigenvalue weighted by Gasteiger charge is -2.31. The van der Waals surface area contributed by atoms with Gasteiger partial charge in [0.25, 0.3) is 0 Å². The predicted molar refractivity (Wildman–Crippen MR) is 115 cm³/mol. The van der Waals surface area contributed by atoms with Crippen LogP contribution in [0.15, 0.2) is 71.6 Å². The van der Waals surface area contributed by atoms with Crippen molar-refractivity contribution in [2.45, 2.75) is 24.7 Å². The Labute approximate surface area is 171 Å². The smallest absolute Gasteiger partial charge is 0.243 e. The van der Waals surface area contributed by atoms with Crippen LogP contribution < -0.4 is 5.32 Å². The lowest BCUT2D eigenvalue weighted by atomic mass is 9.98. The molecule has 1 aliphatic rings. The van der Waals surface area contributed by atoms with Gasteiger partial charge in [0.15, 0.2) is 0 Å². The Hall–Kier alpha value is -2.70. The van der Waals surface area contributed by atoms with Gasteiger partial charge in [0.1, 0.15) is 0 Å². The minimum atomic E-state index is -3.65. The number of aryl methyl sites for hydroxylation is 1. The Bertz CT molecular complexity index is 1140. The van der Waals surface area contributed by atoms with Crippen LogP contribution in [-0.4, -0.2) is 31.7 Å². The van der Waals surface area contributed by atoms with Crippen molar-refractivity contribution in [2.75, 3.05) is 18.4 Å². The van der Waals surface area contributed by atoms with Gasteiger partial charge in [0, 0.05) is 18.8 Å². The number of nitrogens with zero attached hydrogens (tertiary/aromatic N) is 1. The summed E-state index contributed by atoms with van der Waals surface area (Å²) in [5.41, 5.74) is 1.85. The number of amides is 1. The van der Waals surface area contributed by atoms with Crippen LogP contribution in [0.25, 0.3) is 10.8 Å². The van der Waals surface area contributed by atoms with Crippen molar-refractivity contribution in [3.63, 3.8) is 0 Å². The van der Waals surface area contributed by atoms with Crippen LogP contribution in [0, 0.1) is 12.8 Å². The second-order valence-corrected chi connectivity index (χ2v) is 9.50. The average molecular weight is 409 g/mol. The molecule has 3 aromatic carbocycles. The van der Waals surface area contributed by atoms with Crippen molar-refractivity contribution < 1.29 is 13.2 Å². The normalized spacial score (nSPS) is 17.9. The Kier molecular flexibility index (Phi) is 5.39. The fourth-order valence-corrected chi connectivity index (χ4v) is 5.29. The average Bonchev–Trinajstić information content (AvgIpc) is 2.75. The summed E-state index contributed by atoms with van der Waals surface area (Å²) in [5.74, 6) is -0.493. The van der Waals surface area contributed by atoms with Gasteiger partial charge in [-0.15, -0.1) is 0 Å². The molecule has 0 bridgehead atoms. The number of rotatable bonds is 4. The van der Waals surface area contributed by atoms with Crippen LogP contribution in [0.1, 0.15) is 18.4 Å². The first-order chi connectivity index (χ1) is 13.9. The third-order valence-corrected chi connectivity index (χ3v) is 7.29. The highest BCUT2D eigenvalue weighted by Crippen LogP contribution is 2.27. The topological polar surface area (TPSA) is 66.5 Å². The molecule has 1 amide bonds. The highest BCUT2D eigenvalue weighted by molar-refractivity contribution is 7.89. The Morgan fingerprint density at radius 3 is 2.48 bits per heavy atom. The molecule has 0 spiro atoms. The number of benzene rings is 3. The van der Waals surface area contributed by atoms with Crippen LogP contribution in [-0.2, 0) is 14.8 Å². The van der Waals surface area contributed by atoms with E-state index in [0.717, 1.165) is 22.0 Å². The molecule has 0 aliphatic carbocycles. The SMILES string of the molecule is Cc1ccc(NC(=O)C2CCCN(S(=O)(=O)c3ccc4ccccc4c3)C2)cc1. The van der Waals surface area contributed by atoms with Crippen molar-refractivity contribution in [1.82, 2.24) is 4.31 Å². The highest BCUT2D eigenvalue weighted by Gasteiger charge is 2.33. The molecule has 0 radical (unpaired) electrons. The molecule has 1 heterocycles. The number of carbonyl (C=O) groups excluding carboxylic acids is 1. The van der Waals surface area contributed by atoms with Gasteiger partial charge in [-0.25, -0.2) is 8.42 Å². The van der Waals surface area contributed by atoms with E-state index in [4.69, 9.17) is 0 Å². The highest BCUT2D eigenvalue weighted by atomic mass is 32.2. The molecule has 1 atom stereocenters. The molecular formula is C23H24N2O3S. The summed E-state index contributed by atoms with van der Waals surface area (Å²) in [6.07, 6.45) is 1.35. The molecule has 1 N–H and O–H groups in total. The maximum atomic E-state index is 13.2. The summed E-state index contributed by atoms with van der Waals surface area (Å²) in [7, 11) is -3.65. The predicted octanol–water partition coefficient (Wildman–Crippen LogP) is 4.19. The maximum Gasteiger partial charge on any atom is 0.243 e. The number of anilines is 1. The second-order valence-electron chi connectivity index (χ2n) is 7.57. The number of nitrogens with one attached hydrogen (secondary N) is 1. The number of fused-ring (bicyclic) bond motifs is 1. The molecule has 29 heavy (non-hydrogen) atoms. The largest absolute Gasteiger partial charge is 0.326 e. The van der Waals surface area contributed by atoms with Gasteiger partial charge < -0.3 is 5.32 Å². The first kappa shape index (κ1) is 19.6. The Morgan fingerprint density at radius 1 is 1.00 bits per heavy atom. The van der Waals surface area contributed by atoms with E-state index in [0.29, 0.717) is 19.4 Å². The van der Waals surface area contributed by atoms with Crippen molar-refractivity contribution >= 4 is 32.4 Å². The van der Waals surface area contributed by atoms with Gasteiger partial charge in [0.05, 0.1) is 10.8 Å². The quantitative estimate of drug-likeness (QED) is 0.704. The van der Waals surface area contributed by atoms with E-state index in [2.05, 4.69) is 5.32 Å². The summed E-state index contributed by atoms with van der Waals surface area (Å²) in [4.78, 5) is 13.0. The number of hydrogen-bond acceptors (Lipinski definition) is 3. The molecule has 5 nitrogen and oxygen atoms in total. The van der Waals surface area contributed by atoms with Crippen LogP contribution >= 0.6 is 0 Å². The molecule has 150 valence electrons. The van der Waals surface area contributed by atoms with Gasteiger partial charge in [-0.2, -0.15) is 4.31 Å². The van der Waals surface area contributed by atoms with Gasteiger partial charge in [-0.1, -0.05) is 48.0 Å². The standard InChI is InChI=1S/C23H24N2O3S/c1-17-8-11-21(12-9-17)24-23(26)20-7-4-14-25(16-20)29(27,28)22-13-10-18-5-2-3-6-19(18)15-22/h2-3,5-6,8-13,15,20H,4,7,14,16H2,1H3,(H,24,26). The number of piperidine rings is 1. The minimum absolute atomic E-state index is 0.132. The van der Waals surface area contributed by atoms with Crippen LogP contribution in [0.2, 0.25) is 0 Å². The van der Waals surface area contributed by atoms with Crippen LogP contribution in [0.5, 0.6) is 0 Å². The van der Waals surface area contributed by atoms with E-state index in [1.54, 1.807) is 12.1 Å². The van der Waals surface area contributed by atoms with Crippen molar-refractivity contribution in [1.29, 1.82) is 0 Å². The summed E-state index contributed by atoms with van der Waals surface area (Å²) in [6.45, 7) is 2.62. The molecular weight excluding hydrogens is 384 g/mol. The molecule has 0 aromatic heterocycles. The molecule has 0 saturated carbocycles. The summed E-state index contributed by atoms with van der Waals surface area (Å²) >= 11 is 0. The molecule has 1 aliphatic heterocycles. The zero-order chi connectivity index (χ0) is 20.4. The van der Waals surface area contributed by atoms with E-state index < -0.39 is 10.0 Å². The first-order valence-electron chi connectivity index (χ1n) is 9.80. The van der Waals surface area contributed by atoms with E-state index in [9.17, 15) is 13.2 Å². The molecule has 1 fully saturated rings. The fourth-order valence-electron chi connectivity index (χ4n) is 3.73. The van der Waals surface area contributed by atoms with Gasteiger partial charge >= 0.3 is 0 Å². The van der Waals surface area contributed by atoms with Crippen molar-refractivity contribution in [2.24, 2.45) is 5.92 Å². The third kappa shape index (κ3) is 4.18. The second kappa shape index (κ2) is 7.97. The summed E-state index contributed by atoms with van der Waals surface area (Å²) < 4.78 is 27.8. The zero-order valence-electron chi connectivity index (χ0n) is 16.3. The van der Waals surface area contributed by atoms with E-state index in [-0.39, 0.29) is 23.3 Å². The monoisotopic (exact) mass is 408 g/mol. The first-order valence-corrected chi connectivity index (χ1v) is 11.2. The maximum absolute atomic E-state index is 13.2. The van der Waals surface area contributed by atoms with Crippen LogP contribution in [0.3, 0.4) is 0 Å². The minimum Gasteiger partial charge on any atom is -0.326 e. The number of sulfonamides is 1. The van der Waals surface area contributed by atoms with Crippen molar-refractivity contribution in [3.05, 3.63) is 72.3 Å². The molecule has 3 aromatic rings. The van der Waals surface area contributed by atoms with Gasteiger partial charge in [-0.3, -0.25) is 4.79 Å². The lowest BCUT2D eigenvalue weighted by molar-refractivity contribution is -0.120. The van der Waals surface area contributed by atoms with E-state index in [1.165, 1.54) is 4.31 Å². The summed E-state index contributed by atoms with van der Waals surface area (Å²) in [6, 6.07) is 20.5. The third-order valence-electron chi connectivity index (χ3n) is 5.43. The fraction of sp³-hybridized carbons (Fsp3) is 0.261. The zero-order valence-corrected chi connectivity index (χ0v) is 17.2. The van der Waals surface area contributed by atoms with Gasteiger partial charge in [0.2, 0.25) is 15.9 Å². The lowest BCUT2D eigenvalue weighted by Crippen LogP contribution is -2.43. The molecule has 1 saturated heterocycles. The van der Waals surface area contributed by atoms with Crippen LogP contribution in [0.4, 0.5) is 5.69 Å². The Balaban J connectivity index is 1.51. The summed E-state index contributed by atoms with van der Waals surface area (Å²) in [5, 5.41) is 4.80. The molecule has 1 unspecified atom stereocenters. The van der Waals surface area contributed by atoms with Gasteiger partial charge in [-0.05, 0) is 54.8 Å². The van der Waals surface area contributed by atoms with E-state index >= 15 is 0 Å². The number of hydrogen-bond donors (Lipinski definition) is 1. The molecule has 6 heteroatoms. The Morgan fingerprint density at radius 2 is 1.72 bits per heavy atom.